The predicted octanol–water partition coefficient (Wildman–Crippen LogP) is 4.22. The molecule has 2 aromatic carbocycles. The molecule has 0 radical (unpaired) electrons. The molecule has 1 fully saturated rings. The van der Waals surface area contributed by atoms with Crippen LogP contribution in [0.3, 0.4) is 0 Å². The number of nitro benzene ring substituents is 1. The van der Waals surface area contributed by atoms with E-state index in [-0.39, 0.29) is 22.2 Å². The number of nitro groups is 1. The van der Waals surface area contributed by atoms with Gasteiger partial charge in [0.25, 0.3) is 17.5 Å². The van der Waals surface area contributed by atoms with Gasteiger partial charge in [0, 0.05) is 50.2 Å². The van der Waals surface area contributed by atoms with Gasteiger partial charge >= 0.3 is 0 Å². The Hall–Kier alpha value is -3.34. The van der Waals surface area contributed by atoms with Gasteiger partial charge in [-0.05, 0) is 25.1 Å². The van der Waals surface area contributed by atoms with Crippen LogP contribution in [0.4, 0.5) is 11.4 Å². The van der Waals surface area contributed by atoms with Crippen LogP contribution in [0.2, 0.25) is 5.02 Å². The molecule has 0 bridgehead atoms. The third-order valence-electron chi connectivity index (χ3n) is 5.53. The number of non-ortho nitro benzene ring substituents is 1. The second kappa shape index (κ2) is 10.3. The summed E-state index contributed by atoms with van der Waals surface area (Å²) in [6.45, 7) is 5.34. The Morgan fingerprint density at radius 2 is 1.88 bits per heavy atom. The average molecular weight is 500 g/mol. The van der Waals surface area contributed by atoms with Crippen molar-refractivity contribution in [3.8, 4) is 0 Å². The molecule has 0 spiro atoms. The van der Waals surface area contributed by atoms with Crippen molar-refractivity contribution in [3.05, 3.63) is 84.8 Å². The summed E-state index contributed by atoms with van der Waals surface area (Å²) in [6, 6.07) is 10.4. The fourth-order valence-corrected chi connectivity index (χ4v) is 4.62. The van der Waals surface area contributed by atoms with Crippen LogP contribution in [-0.2, 0) is 6.54 Å². The van der Waals surface area contributed by atoms with Gasteiger partial charge in [0.05, 0.1) is 37.5 Å². The molecule has 0 aliphatic carbocycles. The molecule has 2 amide bonds. The monoisotopic (exact) mass is 499 g/mol. The summed E-state index contributed by atoms with van der Waals surface area (Å²) in [5, 5.41) is 16.7. The maximum atomic E-state index is 13.2. The Morgan fingerprint density at radius 1 is 1.15 bits per heavy atom. The van der Waals surface area contributed by atoms with E-state index in [1.165, 1.54) is 12.1 Å². The summed E-state index contributed by atoms with van der Waals surface area (Å²) < 4.78 is 0. The van der Waals surface area contributed by atoms with Crippen molar-refractivity contribution in [2.45, 2.75) is 13.5 Å². The van der Waals surface area contributed by atoms with Crippen LogP contribution in [0, 0.1) is 17.0 Å². The van der Waals surface area contributed by atoms with Crippen LogP contribution in [0.15, 0.2) is 47.8 Å². The summed E-state index contributed by atoms with van der Waals surface area (Å²) in [6.07, 6.45) is 0. The van der Waals surface area contributed by atoms with E-state index in [0.29, 0.717) is 24.3 Å². The van der Waals surface area contributed by atoms with Crippen LogP contribution in [-0.4, -0.2) is 57.7 Å². The number of thiazole rings is 1. The van der Waals surface area contributed by atoms with Crippen molar-refractivity contribution in [1.29, 1.82) is 0 Å². The van der Waals surface area contributed by atoms with E-state index in [0.717, 1.165) is 36.4 Å². The molecule has 11 heteroatoms. The Kier molecular flexibility index (Phi) is 7.20. The quantitative estimate of drug-likeness (QED) is 0.401. The standard InChI is InChI=1S/C23H22ClN5O4S/c1-15-25-16(14-34-15)13-27-8-10-28(11-9-27)23(31)19-4-2-3-5-21(19)26-22(30)18-7-6-17(29(32)33)12-20(18)24/h2-7,12,14H,8-11,13H2,1H3,(H,26,30). The van der Waals surface area contributed by atoms with Crippen molar-refractivity contribution in [2.24, 2.45) is 0 Å². The summed E-state index contributed by atoms with van der Waals surface area (Å²) in [7, 11) is 0. The number of aromatic nitrogens is 1. The number of piperazine rings is 1. The highest BCUT2D eigenvalue weighted by Gasteiger charge is 2.25. The number of nitrogens with zero attached hydrogens (tertiary/aromatic N) is 4. The minimum Gasteiger partial charge on any atom is -0.336 e. The molecule has 1 aliphatic rings. The Bertz CT molecular complexity index is 1240. The van der Waals surface area contributed by atoms with Gasteiger partial charge in [-0.25, -0.2) is 4.98 Å². The van der Waals surface area contributed by atoms with Gasteiger partial charge in [-0.1, -0.05) is 23.7 Å². The van der Waals surface area contributed by atoms with Gasteiger partial charge < -0.3 is 10.2 Å². The lowest BCUT2D eigenvalue weighted by atomic mass is 10.1. The zero-order valence-electron chi connectivity index (χ0n) is 18.4. The van der Waals surface area contributed by atoms with Crippen molar-refractivity contribution in [3.63, 3.8) is 0 Å². The van der Waals surface area contributed by atoms with E-state index < -0.39 is 10.8 Å². The topological polar surface area (TPSA) is 109 Å². The fourth-order valence-electron chi connectivity index (χ4n) is 3.76. The Morgan fingerprint density at radius 3 is 2.53 bits per heavy atom. The van der Waals surface area contributed by atoms with E-state index in [1.54, 1.807) is 40.5 Å². The molecule has 1 aliphatic heterocycles. The number of amides is 2. The van der Waals surface area contributed by atoms with Gasteiger partial charge in [-0.3, -0.25) is 24.6 Å². The summed E-state index contributed by atoms with van der Waals surface area (Å²) >= 11 is 7.71. The number of hydrogen-bond donors (Lipinski definition) is 1. The molecule has 0 atom stereocenters. The van der Waals surface area contributed by atoms with E-state index in [4.69, 9.17) is 11.6 Å². The van der Waals surface area contributed by atoms with Gasteiger partial charge in [-0.15, -0.1) is 11.3 Å². The number of nitrogens with one attached hydrogen (secondary N) is 1. The molecule has 3 aromatic rings. The third-order valence-corrected chi connectivity index (χ3v) is 6.66. The molecule has 1 N–H and O–H groups in total. The number of halogens is 1. The minimum atomic E-state index is -0.584. The lowest BCUT2D eigenvalue weighted by Gasteiger charge is -2.34. The van der Waals surface area contributed by atoms with E-state index in [9.17, 15) is 19.7 Å². The first kappa shape index (κ1) is 23.8. The maximum Gasteiger partial charge on any atom is 0.270 e. The van der Waals surface area contributed by atoms with Crippen molar-refractivity contribution in [1.82, 2.24) is 14.8 Å². The normalized spacial score (nSPS) is 14.1. The molecule has 1 saturated heterocycles. The second-order valence-corrected chi connectivity index (χ2v) is 9.32. The molecule has 0 saturated carbocycles. The molecule has 34 heavy (non-hydrogen) atoms. The first-order valence-corrected chi connectivity index (χ1v) is 11.8. The highest BCUT2D eigenvalue weighted by molar-refractivity contribution is 7.09. The van der Waals surface area contributed by atoms with E-state index in [2.05, 4.69) is 20.6 Å². The van der Waals surface area contributed by atoms with E-state index in [1.807, 2.05) is 6.92 Å². The SMILES string of the molecule is Cc1nc(CN2CCN(C(=O)c3ccccc3NC(=O)c3ccc([N+](=O)[O-])cc3Cl)CC2)cs1. The average Bonchev–Trinajstić information content (AvgIpc) is 3.23. The number of carbonyl (C=O) groups is 2. The zero-order chi connectivity index (χ0) is 24.2. The summed E-state index contributed by atoms with van der Waals surface area (Å²) in [5.74, 6) is -0.724. The Balaban J connectivity index is 1.42. The van der Waals surface area contributed by atoms with Gasteiger partial charge in [-0.2, -0.15) is 0 Å². The lowest BCUT2D eigenvalue weighted by Crippen LogP contribution is -2.48. The molecule has 9 nitrogen and oxygen atoms in total. The number of aryl methyl sites for hydroxylation is 1. The Labute approximate surface area is 205 Å². The molecule has 176 valence electrons. The van der Waals surface area contributed by atoms with Crippen LogP contribution < -0.4 is 5.32 Å². The van der Waals surface area contributed by atoms with Crippen molar-refractivity contribution >= 4 is 46.1 Å². The van der Waals surface area contributed by atoms with Crippen molar-refractivity contribution < 1.29 is 14.5 Å². The zero-order valence-corrected chi connectivity index (χ0v) is 19.9. The molecule has 1 aromatic heterocycles. The largest absolute Gasteiger partial charge is 0.336 e. The van der Waals surface area contributed by atoms with Crippen molar-refractivity contribution in [2.75, 3.05) is 31.5 Å². The van der Waals surface area contributed by atoms with Gasteiger partial charge in [0.1, 0.15) is 0 Å². The first-order valence-electron chi connectivity index (χ1n) is 10.6. The van der Waals surface area contributed by atoms with Crippen LogP contribution >= 0.6 is 22.9 Å². The van der Waals surface area contributed by atoms with Gasteiger partial charge in [0.15, 0.2) is 0 Å². The molecule has 2 heterocycles. The fraction of sp³-hybridized carbons (Fsp3) is 0.261. The maximum absolute atomic E-state index is 13.2. The van der Waals surface area contributed by atoms with Crippen LogP contribution in [0.1, 0.15) is 31.4 Å². The summed E-state index contributed by atoms with van der Waals surface area (Å²) in [5.41, 5.74) is 1.64. The van der Waals surface area contributed by atoms with Gasteiger partial charge in [0.2, 0.25) is 0 Å². The highest BCUT2D eigenvalue weighted by Crippen LogP contribution is 2.25. The third kappa shape index (κ3) is 5.41. The number of anilines is 1. The molecule has 4 rings (SSSR count). The highest BCUT2D eigenvalue weighted by atomic mass is 35.5. The molecule has 0 unspecified atom stereocenters. The smallest absolute Gasteiger partial charge is 0.270 e. The number of benzene rings is 2. The van der Waals surface area contributed by atoms with E-state index >= 15 is 0 Å². The number of rotatable bonds is 6. The summed E-state index contributed by atoms with van der Waals surface area (Å²) in [4.78, 5) is 44.9. The molecular formula is C23H22ClN5O4S. The van der Waals surface area contributed by atoms with Crippen LogP contribution in [0.25, 0.3) is 0 Å². The second-order valence-electron chi connectivity index (χ2n) is 7.85. The predicted molar refractivity (Wildman–Crippen MR) is 131 cm³/mol. The lowest BCUT2D eigenvalue weighted by molar-refractivity contribution is -0.384. The van der Waals surface area contributed by atoms with Crippen LogP contribution in [0.5, 0.6) is 0 Å². The number of hydrogen-bond acceptors (Lipinski definition) is 7. The first-order chi connectivity index (χ1) is 16.3. The molecular weight excluding hydrogens is 478 g/mol. The minimum absolute atomic E-state index is 0.0399. The number of para-hydroxylation sites is 1. The number of carbonyl (C=O) groups excluding carboxylic acids is 2.